The summed E-state index contributed by atoms with van der Waals surface area (Å²) in [6.07, 6.45) is 2.00. The Kier molecular flexibility index (Phi) is 11.3. The molecule has 0 aliphatic heterocycles. The predicted molar refractivity (Wildman–Crippen MR) is 159 cm³/mol. The lowest BCUT2D eigenvalue weighted by Gasteiger charge is -2.33. The number of carbonyl (C=O) groups excluding carboxylic acids is 2. The molecule has 0 heterocycles. The van der Waals surface area contributed by atoms with Crippen LogP contribution in [0.25, 0.3) is 0 Å². The zero-order valence-electron chi connectivity index (χ0n) is 22.9. The zero-order valence-corrected chi connectivity index (χ0v) is 25.3. The van der Waals surface area contributed by atoms with Crippen LogP contribution in [0.4, 0.5) is 10.1 Å². The van der Waals surface area contributed by atoms with Gasteiger partial charge in [-0.1, -0.05) is 72.1 Å². The normalized spacial score (nSPS) is 12.0. The van der Waals surface area contributed by atoms with Crippen LogP contribution in [0.15, 0.2) is 82.2 Å². The third-order valence-corrected chi connectivity index (χ3v) is 8.75. The summed E-state index contributed by atoms with van der Waals surface area (Å²) in [4.78, 5) is 28.6. The summed E-state index contributed by atoms with van der Waals surface area (Å²) in [7, 11) is -4.15. The first-order chi connectivity index (χ1) is 19.1. The van der Waals surface area contributed by atoms with Gasteiger partial charge in [-0.3, -0.25) is 13.9 Å². The van der Waals surface area contributed by atoms with Crippen LogP contribution in [0, 0.1) is 12.7 Å². The maximum Gasteiger partial charge on any atom is 0.264 e. The Bertz CT molecular complexity index is 1400. The van der Waals surface area contributed by atoms with Crippen LogP contribution in [0.1, 0.15) is 44.2 Å². The first-order valence-corrected chi connectivity index (χ1v) is 15.5. The summed E-state index contributed by atoms with van der Waals surface area (Å²) >= 11 is 3.39. The molecular formula is C30H35BrFN3O4S. The van der Waals surface area contributed by atoms with Crippen LogP contribution in [0.5, 0.6) is 0 Å². The molecule has 7 nitrogen and oxygen atoms in total. The summed E-state index contributed by atoms with van der Waals surface area (Å²) < 4.78 is 43.1. The Labute approximate surface area is 244 Å². The monoisotopic (exact) mass is 631 g/mol. The summed E-state index contributed by atoms with van der Waals surface area (Å²) in [5, 5.41) is 2.89. The van der Waals surface area contributed by atoms with Gasteiger partial charge in [0.25, 0.3) is 10.0 Å². The molecule has 214 valence electrons. The molecule has 40 heavy (non-hydrogen) atoms. The Hall–Kier alpha value is -3.24. The number of anilines is 1. The predicted octanol–water partition coefficient (Wildman–Crippen LogP) is 5.82. The quantitative estimate of drug-likeness (QED) is 0.241. The van der Waals surface area contributed by atoms with Crippen LogP contribution in [0.3, 0.4) is 0 Å². The van der Waals surface area contributed by atoms with E-state index in [0.717, 1.165) is 22.7 Å². The van der Waals surface area contributed by atoms with Crippen molar-refractivity contribution in [1.82, 2.24) is 10.2 Å². The van der Waals surface area contributed by atoms with Crippen LogP contribution < -0.4 is 9.62 Å². The second-order valence-electron chi connectivity index (χ2n) is 9.52. The van der Waals surface area contributed by atoms with Crippen LogP contribution in [-0.4, -0.2) is 44.3 Å². The van der Waals surface area contributed by atoms with Crippen molar-refractivity contribution in [3.63, 3.8) is 0 Å². The molecule has 0 aromatic heterocycles. The Morgan fingerprint density at radius 2 is 1.68 bits per heavy atom. The van der Waals surface area contributed by atoms with Gasteiger partial charge in [0.2, 0.25) is 11.8 Å². The molecule has 0 unspecified atom stereocenters. The minimum atomic E-state index is -4.15. The van der Waals surface area contributed by atoms with E-state index in [2.05, 4.69) is 21.2 Å². The lowest BCUT2D eigenvalue weighted by atomic mass is 10.1. The van der Waals surface area contributed by atoms with Gasteiger partial charge in [-0.25, -0.2) is 12.8 Å². The van der Waals surface area contributed by atoms with Crippen molar-refractivity contribution < 1.29 is 22.4 Å². The highest BCUT2D eigenvalue weighted by molar-refractivity contribution is 9.10. The fourth-order valence-corrected chi connectivity index (χ4v) is 6.00. The minimum absolute atomic E-state index is 0.00964. The van der Waals surface area contributed by atoms with Gasteiger partial charge in [0.1, 0.15) is 18.4 Å². The lowest BCUT2D eigenvalue weighted by Crippen LogP contribution is -2.52. The maximum atomic E-state index is 14.0. The highest BCUT2D eigenvalue weighted by Crippen LogP contribution is 2.27. The molecule has 0 radical (unpaired) electrons. The number of nitrogens with zero attached hydrogens (tertiary/aromatic N) is 2. The fraction of sp³-hybridized carbons (Fsp3) is 0.333. The zero-order chi connectivity index (χ0) is 29.3. The summed E-state index contributed by atoms with van der Waals surface area (Å²) in [5.74, 6) is -1.30. The summed E-state index contributed by atoms with van der Waals surface area (Å²) in [5.41, 5.74) is 1.81. The first-order valence-electron chi connectivity index (χ1n) is 13.2. The molecule has 0 saturated carbocycles. The first kappa shape index (κ1) is 31.3. The van der Waals surface area contributed by atoms with Gasteiger partial charge in [0, 0.05) is 17.6 Å². The number of rotatable bonds is 13. The topological polar surface area (TPSA) is 86.8 Å². The SMILES string of the molecule is CCCCNC(=O)[C@H](CC)N(Cc1ccc(F)cc1)C(=O)CN(c1cccc(Br)c1)S(=O)(=O)c1ccc(C)cc1. The van der Waals surface area contributed by atoms with Gasteiger partial charge in [-0.2, -0.15) is 0 Å². The van der Waals surface area contributed by atoms with Gasteiger partial charge in [0.15, 0.2) is 0 Å². The Balaban J connectivity index is 2.03. The molecule has 1 atom stereocenters. The molecular weight excluding hydrogens is 597 g/mol. The number of unbranched alkanes of at least 4 members (excludes halogenated alkanes) is 1. The van der Waals surface area contributed by atoms with Crippen molar-refractivity contribution in [2.24, 2.45) is 0 Å². The van der Waals surface area contributed by atoms with Crippen molar-refractivity contribution in [3.05, 3.63) is 94.2 Å². The van der Waals surface area contributed by atoms with E-state index in [-0.39, 0.29) is 17.3 Å². The third-order valence-electron chi connectivity index (χ3n) is 6.47. The van der Waals surface area contributed by atoms with Gasteiger partial charge >= 0.3 is 0 Å². The van der Waals surface area contributed by atoms with E-state index in [0.29, 0.717) is 28.7 Å². The molecule has 0 aliphatic carbocycles. The van der Waals surface area contributed by atoms with Gasteiger partial charge in [-0.05, 0) is 67.8 Å². The third kappa shape index (κ3) is 8.14. The molecule has 10 heteroatoms. The number of sulfonamides is 1. The molecule has 0 fully saturated rings. The summed E-state index contributed by atoms with van der Waals surface area (Å²) in [6.45, 7) is 5.61. The fourth-order valence-electron chi connectivity index (χ4n) is 4.21. The van der Waals surface area contributed by atoms with E-state index >= 15 is 0 Å². The maximum absolute atomic E-state index is 14.0. The van der Waals surface area contributed by atoms with Crippen molar-refractivity contribution >= 4 is 43.5 Å². The largest absolute Gasteiger partial charge is 0.354 e. The molecule has 3 aromatic carbocycles. The number of amides is 2. The van der Waals surface area contributed by atoms with E-state index in [1.807, 2.05) is 13.8 Å². The highest BCUT2D eigenvalue weighted by Gasteiger charge is 2.33. The smallest absolute Gasteiger partial charge is 0.264 e. The van der Waals surface area contributed by atoms with E-state index in [1.165, 1.54) is 29.2 Å². The molecule has 0 saturated heterocycles. The second-order valence-corrected chi connectivity index (χ2v) is 12.3. The van der Waals surface area contributed by atoms with E-state index in [1.54, 1.807) is 55.5 Å². The van der Waals surface area contributed by atoms with E-state index < -0.39 is 34.3 Å². The Morgan fingerprint density at radius 1 is 1.00 bits per heavy atom. The molecule has 1 N–H and O–H groups in total. The minimum Gasteiger partial charge on any atom is -0.354 e. The second kappa shape index (κ2) is 14.4. The van der Waals surface area contributed by atoms with Crippen molar-refractivity contribution in [3.8, 4) is 0 Å². The van der Waals surface area contributed by atoms with E-state index in [4.69, 9.17) is 0 Å². The van der Waals surface area contributed by atoms with Crippen LogP contribution in [-0.2, 0) is 26.2 Å². The number of halogens is 2. The summed E-state index contributed by atoms with van der Waals surface area (Å²) in [6, 6.07) is 17.9. The van der Waals surface area contributed by atoms with Crippen LogP contribution in [0.2, 0.25) is 0 Å². The molecule has 0 aliphatic rings. The average Bonchev–Trinajstić information content (AvgIpc) is 2.93. The molecule has 3 aromatic rings. The molecule has 3 rings (SSSR count). The van der Waals surface area contributed by atoms with E-state index in [9.17, 15) is 22.4 Å². The van der Waals surface area contributed by atoms with Crippen LogP contribution >= 0.6 is 15.9 Å². The van der Waals surface area contributed by atoms with Gasteiger partial charge in [0.05, 0.1) is 10.6 Å². The molecule has 0 spiro atoms. The standard InChI is InChI=1S/C30H35BrFN3O4S/c1-4-6-18-33-30(37)28(5-2)34(20-23-12-14-25(32)15-13-23)29(36)21-35(26-9-7-8-24(31)19-26)40(38,39)27-16-10-22(3)11-17-27/h7-17,19,28H,4-6,18,20-21H2,1-3H3,(H,33,37)/t28-/m0/s1. The number of hydrogen-bond acceptors (Lipinski definition) is 4. The molecule has 2 amide bonds. The number of aryl methyl sites for hydroxylation is 1. The Morgan fingerprint density at radius 3 is 2.27 bits per heavy atom. The molecule has 0 bridgehead atoms. The number of nitrogens with one attached hydrogen (secondary N) is 1. The van der Waals surface area contributed by atoms with Gasteiger partial charge in [-0.15, -0.1) is 0 Å². The average molecular weight is 633 g/mol. The highest BCUT2D eigenvalue weighted by atomic mass is 79.9. The number of benzene rings is 3. The number of hydrogen-bond donors (Lipinski definition) is 1. The van der Waals surface area contributed by atoms with Crippen molar-refractivity contribution in [2.75, 3.05) is 17.4 Å². The number of carbonyl (C=O) groups is 2. The van der Waals surface area contributed by atoms with Gasteiger partial charge < -0.3 is 10.2 Å². The lowest BCUT2D eigenvalue weighted by molar-refractivity contribution is -0.140. The van der Waals surface area contributed by atoms with Crippen molar-refractivity contribution in [2.45, 2.75) is 57.5 Å². The van der Waals surface area contributed by atoms with Crippen molar-refractivity contribution in [1.29, 1.82) is 0 Å².